The molecule has 0 radical (unpaired) electrons. The Hall–Kier alpha value is -3.64. The molecule has 158 valence electrons. The molecule has 0 bridgehead atoms. The second-order valence-electron chi connectivity index (χ2n) is 7.07. The Kier molecular flexibility index (Phi) is 6.59. The number of aromatic nitrogens is 2. The minimum atomic E-state index is -0.152. The molecule has 2 aromatic heterocycles. The Balaban J connectivity index is 1.48. The highest BCUT2D eigenvalue weighted by molar-refractivity contribution is 5.81. The molecule has 4 aromatic rings. The van der Waals surface area contributed by atoms with Crippen LogP contribution in [0, 0.1) is 0 Å². The van der Waals surface area contributed by atoms with Crippen LogP contribution in [0.1, 0.15) is 12.5 Å². The van der Waals surface area contributed by atoms with Gasteiger partial charge in [0.1, 0.15) is 19.0 Å². The molecule has 6 nitrogen and oxygen atoms in total. The molecule has 1 N–H and O–H groups in total. The van der Waals surface area contributed by atoms with E-state index in [1.165, 1.54) is 6.07 Å². The number of fused-ring (bicyclic) bond motifs is 1. The molecule has 0 spiro atoms. The van der Waals surface area contributed by atoms with Gasteiger partial charge in [0, 0.05) is 35.9 Å². The highest BCUT2D eigenvalue weighted by atomic mass is 16.5. The summed E-state index contributed by atoms with van der Waals surface area (Å²) in [6.07, 6.45) is 1.73. The Labute approximate surface area is 181 Å². The minimum absolute atomic E-state index is 0.152. The van der Waals surface area contributed by atoms with E-state index >= 15 is 0 Å². The smallest absolute Gasteiger partial charge is 0.258 e. The number of benzene rings is 2. The third-order valence-electron chi connectivity index (χ3n) is 4.84. The fourth-order valence-electron chi connectivity index (χ4n) is 3.23. The van der Waals surface area contributed by atoms with Gasteiger partial charge in [0.05, 0.1) is 5.52 Å². The fraction of sp³-hybridized carbons (Fsp3) is 0.200. The summed E-state index contributed by atoms with van der Waals surface area (Å²) in [5, 5.41) is 4.15. The molecular weight excluding hydrogens is 390 g/mol. The average molecular weight is 415 g/mol. The molecule has 31 heavy (non-hydrogen) atoms. The molecule has 0 aliphatic rings. The SMILES string of the molecule is CCNCCOc1ccc2cc(-n3ccc(OCc4ccccc4)cc3=O)ccc2n1. The van der Waals surface area contributed by atoms with E-state index in [1.807, 2.05) is 60.7 Å². The molecule has 2 heterocycles. The highest BCUT2D eigenvalue weighted by Gasteiger charge is 2.06. The molecule has 6 heteroatoms. The number of ether oxygens (including phenoxy) is 2. The maximum absolute atomic E-state index is 12.7. The van der Waals surface area contributed by atoms with E-state index in [4.69, 9.17) is 9.47 Å². The summed E-state index contributed by atoms with van der Waals surface area (Å²) >= 11 is 0. The van der Waals surface area contributed by atoms with Crippen LogP contribution >= 0.6 is 0 Å². The van der Waals surface area contributed by atoms with Crippen LogP contribution < -0.4 is 20.3 Å². The molecule has 0 saturated heterocycles. The molecule has 0 aliphatic heterocycles. The van der Waals surface area contributed by atoms with Crippen LogP contribution in [0.2, 0.25) is 0 Å². The lowest BCUT2D eigenvalue weighted by Gasteiger charge is -2.10. The highest BCUT2D eigenvalue weighted by Crippen LogP contribution is 2.20. The molecule has 0 fully saturated rings. The third kappa shape index (κ3) is 5.29. The van der Waals surface area contributed by atoms with Crippen molar-refractivity contribution in [3.63, 3.8) is 0 Å². The van der Waals surface area contributed by atoms with Crippen LogP contribution in [0.3, 0.4) is 0 Å². The maximum Gasteiger partial charge on any atom is 0.258 e. The zero-order valence-electron chi connectivity index (χ0n) is 17.5. The van der Waals surface area contributed by atoms with Crippen molar-refractivity contribution in [3.05, 3.63) is 94.9 Å². The van der Waals surface area contributed by atoms with E-state index in [2.05, 4.69) is 17.2 Å². The van der Waals surface area contributed by atoms with Gasteiger partial charge in [0.2, 0.25) is 5.88 Å². The van der Waals surface area contributed by atoms with Crippen LogP contribution in [0.5, 0.6) is 11.6 Å². The Morgan fingerprint density at radius 1 is 0.968 bits per heavy atom. The third-order valence-corrected chi connectivity index (χ3v) is 4.84. The summed E-state index contributed by atoms with van der Waals surface area (Å²) in [5.74, 6) is 1.14. The van der Waals surface area contributed by atoms with Crippen LogP contribution in [0.15, 0.2) is 83.8 Å². The maximum atomic E-state index is 12.7. The number of rotatable bonds is 9. The summed E-state index contributed by atoms with van der Waals surface area (Å²) in [5.41, 5.74) is 2.50. The Bertz CT molecular complexity index is 1210. The normalized spacial score (nSPS) is 10.9. The number of hydrogen-bond donors (Lipinski definition) is 1. The number of likely N-dealkylation sites (N-methyl/N-ethyl adjacent to an activating group) is 1. The Morgan fingerprint density at radius 3 is 2.65 bits per heavy atom. The number of pyridine rings is 2. The predicted molar refractivity (Wildman–Crippen MR) is 122 cm³/mol. The number of nitrogens with zero attached hydrogens (tertiary/aromatic N) is 2. The second-order valence-corrected chi connectivity index (χ2v) is 7.07. The molecule has 4 rings (SSSR count). The van der Waals surface area contributed by atoms with Gasteiger partial charge >= 0.3 is 0 Å². The van der Waals surface area contributed by atoms with Crippen molar-refractivity contribution < 1.29 is 9.47 Å². The molecular formula is C25H25N3O3. The van der Waals surface area contributed by atoms with Crippen molar-refractivity contribution in [2.75, 3.05) is 19.7 Å². The zero-order chi connectivity index (χ0) is 21.5. The minimum Gasteiger partial charge on any atom is -0.489 e. The molecule has 0 unspecified atom stereocenters. The average Bonchev–Trinajstić information content (AvgIpc) is 2.81. The molecule has 0 atom stereocenters. The summed E-state index contributed by atoms with van der Waals surface area (Å²) in [6.45, 7) is 4.74. The molecule has 0 aliphatic carbocycles. The first-order chi connectivity index (χ1) is 15.2. The van der Waals surface area contributed by atoms with E-state index < -0.39 is 0 Å². The first-order valence-corrected chi connectivity index (χ1v) is 10.4. The van der Waals surface area contributed by atoms with Crippen LogP contribution in [0.25, 0.3) is 16.6 Å². The zero-order valence-corrected chi connectivity index (χ0v) is 17.5. The lowest BCUT2D eigenvalue weighted by atomic mass is 10.2. The van der Waals surface area contributed by atoms with Crippen molar-refractivity contribution in [2.24, 2.45) is 0 Å². The number of nitrogens with one attached hydrogen (secondary N) is 1. The summed E-state index contributed by atoms with van der Waals surface area (Å²) in [7, 11) is 0. The van der Waals surface area contributed by atoms with Gasteiger partial charge in [-0.05, 0) is 42.4 Å². The number of hydrogen-bond acceptors (Lipinski definition) is 5. The van der Waals surface area contributed by atoms with Crippen molar-refractivity contribution in [1.82, 2.24) is 14.9 Å². The van der Waals surface area contributed by atoms with Crippen molar-refractivity contribution >= 4 is 10.9 Å². The van der Waals surface area contributed by atoms with Gasteiger partial charge in [-0.1, -0.05) is 37.3 Å². The van der Waals surface area contributed by atoms with Crippen LogP contribution in [-0.4, -0.2) is 29.2 Å². The van der Waals surface area contributed by atoms with E-state index in [0.717, 1.165) is 35.2 Å². The van der Waals surface area contributed by atoms with Crippen molar-refractivity contribution in [3.8, 4) is 17.3 Å². The van der Waals surface area contributed by atoms with E-state index in [0.29, 0.717) is 24.8 Å². The van der Waals surface area contributed by atoms with Gasteiger partial charge in [-0.2, -0.15) is 0 Å². The van der Waals surface area contributed by atoms with Crippen molar-refractivity contribution in [2.45, 2.75) is 13.5 Å². The topological polar surface area (TPSA) is 65.4 Å². The summed E-state index contributed by atoms with van der Waals surface area (Å²) in [6, 6.07) is 22.7. The van der Waals surface area contributed by atoms with E-state index in [9.17, 15) is 4.79 Å². The van der Waals surface area contributed by atoms with Gasteiger partial charge in [-0.3, -0.25) is 9.36 Å². The lowest BCUT2D eigenvalue weighted by molar-refractivity contribution is 0.305. The molecule has 0 amide bonds. The monoisotopic (exact) mass is 415 g/mol. The molecule has 2 aromatic carbocycles. The first kappa shape index (κ1) is 20.6. The molecule has 0 saturated carbocycles. The van der Waals surface area contributed by atoms with Crippen LogP contribution in [-0.2, 0) is 6.61 Å². The fourth-order valence-corrected chi connectivity index (χ4v) is 3.23. The predicted octanol–water partition coefficient (Wildman–Crippen LogP) is 3.95. The largest absolute Gasteiger partial charge is 0.489 e. The quantitative estimate of drug-likeness (QED) is 0.419. The second kappa shape index (κ2) is 9.91. The lowest BCUT2D eigenvalue weighted by Crippen LogP contribution is -2.20. The summed E-state index contributed by atoms with van der Waals surface area (Å²) in [4.78, 5) is 17.2. The van der Waals surface area contributed by atoms with Gasteiger partial charge in [-0.25, -0.2) is 4.98 Å². The van der Waals surface area contributed by atoms with Crippen molar-refractivity contribution in [1.29, 1.82) is 0 Å². The van der Waals surface area contributed by atoms with Gasteiger partial charge in [0.25, 0.3) is 5.56 Å². The van der Waals surface area contributed by atoms with Crippen LogP contribution in [0.4, 0.5) is 0 Å². The van der Waals surface area contributed by atoms with E-state index in [1.54, 1.807) is 16.8 Å². The van der Waals surface area contributed by atoms with Gasteiger partial charge < -0.3 is 14.8 Å². The van der Waals surface area contributed by atoms with Gasteiger partial charge in [0.15, 0.2) is 0 Å². The summed E-state index contributed by atoms with van der Waals surface area (Å²) < 4.78 is 13.0. The van der Waals surface area contributed by atoms with E-state index in [-0.39, 0.29) is 5.56 Å². The Morgan fingerprint density at radius 2 is 1.84 bits per heavy atom. The first-order valence-electron chi connectivity index (χ1n) is 10.4. The van der Waals surface area contributed by atoms with Gasteiger partial charge in [-0.15, -0.1) is 0 Å². The standard InChI is InChI=1S/C25H25N3O3/c1-2-26-13-15-30-24-11-8-20-16-21(9-10-23(20)27-24)28-14-12-22(17-25(28)29)31-18-19-6-4-3-5-7-19/h3-12,14,16-17,26H,2,13,15,18H2,1H3.